The van der Waals surface area contributed by atoms with Crippen molar-refractivity contribution in [3.8, 4) is 11.3 Å². The van der Waals surface area contributed by atoms with E-state index in [1.54, 1.807) is 6.20 Å². The Morgan fingerprint density at radius 2 is 1.75 bits per heavy atom. The molecular weight excluding hydrogens is 248 g/mol. The van der Waals surface area contributed by atoms with Gasteiger partial charge in [0.2, 0.25) is 0 Å². The van der Waals surface area contributed by atoms with E-state index in [1.807, 2.05) is 48.7 Å². The lowest BCUT2D eigenvalue weighted by molar-refractivity contribution is 1.19. The summed E-state index contributed by atoms with van der Waals surface area (Å²) >= 11 is 0. The molecule has 0 saturated carbocycles. The third-order valence-corrected chi connectivity index (χ3v) is 3.44. The third-order valence-electron chi connectivity index (χ3n) is 3.44. The Morgan fingerprint density at radius 3 is 2.60 bits per heavy atom. The number of imidazole rings is 1. The summed E-state index contributed by atoms with van der Waals surface area (Å²) in [4.78, 5) is 8.94. The summed E-state index contributed by atoms with van der Waals surface area (Å²) in [6.45, 7) is 0. The Hall–Kier alpha value is -2.88. The first-order valence-electron chi connectivity index (χ1n) is 6.40. The number of hydrogen-bond acceptors (Lipinski definition) is 3. The zero-order chi connectivity index (χ0) is 13.5. The highest BCUT2D eigenvalue weighted by Crippen LogP contribution is 2.25. The fourth-order valence-electron chi connectivity index (χ4n) is 2.45. The Labute approximate surface area is 115 Å². The highest BCUT2D eigenvalue weighted by molar-refractivity contribution is 5.81. The van der Waals surface area contributed by atoms with Crippen molar-refractivity contribution >= 4 is 22.4 Å². The van der Waals surface area contributed by atoms with Gasteiger partial charge in [-0.2, -0.15) is 0 Å². The first kappa shape index (κ1) is 11.0. The van der Waals surface area contributed by atoms with Gasteiger partial charge in [0.05, 0.1) is 11.9 Å². The van der Waals surface area contributed by atoms with Crippen molar-refractivity contribution in [2.75, 3.05) is 5.73 Å². The van der Waals surface area contributed by atoms with Crippen molar-refractivity contribution in [3.63, 3.8) is 0 Å². The zero-order valence-corrected chi connectivity index (χ0v) is 10.7. The van der Waals surface area contributed by atoms with E-state index in [1.165, 1.54) is 0 Å². The molecule has 0 aliphatic rings. The second-order valence-corrected chi connectivity index (χ2v) is 4.71. The maximum atomic E-state index is 5.75. The zero-order valence-electron chi connectivity index (χ0n) is 10.7. The van der Waals surface area contributed by atoms with Gasteiger partial charge < -0.3 is 5.73 Å². The minimum Gasteiger partial charge on any atom is -0.399 e. The molecule has 0 aliphatic carbocycles. The van der Waals surface area contributed by atoms with Crippen LogP contribution in [0.2, 0.25) is 0 Å². The Balaban J connectivity index is 2.09. The van der Waals surface area contributed by atoms with Gasteiger partial charge in [-0.3, -0.25) is 4.40 Å². The number of pyridine rings is 2. The Morgan fingerprint density at radius 1 is 0.900 bits per heavy atom. The van der Waals surface area contributed by atoms with Crippen LogP contribution in [0.5, 0.6) is 0 Å². The van der Waals surface area contributed by atoms with Gasteiger partial charge in [0.15, 0.2) is 0 Å². The summed E-state index contributed by atoms with van der Waals surface area (Å²) in [5.41, 5.74) is 10.4. The summed E-state index contributed by atoms with van der Waals surface area (Å²) in [6.07, 6.45) is 3.67. The van der Waals surface area contributed by atoms with Crippen molar-refractivity contribution in [2.45, 2.75) is 0 Å². The fourth-order valence-corrected chi connectivity index (χ4v) is 2.45. The first-order valence-corrected chi connectivity index (χ1v) is 6.40. The minimum absolute atomic E-state index is 0.755. The summed E-state index contributed by atoms with van der Waals surface area (Å²) < 4.78 is 2.07. The van der Waals surface area contributed by atoms with Crippen LogP contribution in [0.4, 0.5) is 5.69 Å². The van der Waals surface area contributed by atoms with E-state index >= 15 is 0 Å². The minimum atomic E-state index is 0.755. The van der Waals surface area contributed by atoms with Gasteiger partial charge in [-0.15, -0.1) is 0 Å². The Kier molecular flexibility index (Phi) is 2.23. The average Bonchev–Trinajstić information content (AvgIpc) is 2.92. The molecule has 4 heteroatoms. The molecule has 4 nitrogen and oxygen atoms in total. The van der Waals surface area contributed by atoms with Crippen molar-refractivity contribution in [1.29, 1.82) is 0 Å². The number of hydrogen-bond donors (Lipinski definition) is 1. The van der Waals surface area contributed by atoms with Crippen molar-refractivity contribution in [3.05, 3.63) is 60.9 Å². The highest BCUT2D eigenvalue weighted by atomic mass is 15.1. The number of nitrogens with zero attached hydrogens (tertiary/aromatic N) is 3. The molecule has 0 fully saturated rings. The molecule has 0 unspecified atom stereocenters. The largest absolute Gasteiger partial charge is 0.399 e. The number of benzene rings is 1. The lowest BCUT2D eigenvalue weighted by Gasteiger charge is -2.05. The summed E-state index contributed by atoms with van der Waals surface area (Å²) in [5, 5.41) is 1.09. The molecule has 3 heterocycles. The third kappa shape index (κ3) is 1.55. The van der Waals surface area contributed by atoms with Gasteiger partial charge >= 0.3 is 0 Å². The molecule has 0 aliphatic heterocycles. The van der Waals surface area contributed by atoms with E-state index in [2.05, 4.69) is 20.4 Å². The van der Waals surface area contributed by atoms with Crippen molar-refractivity contribution < 1.29 is 0 Å². The predicted octanol–water partition coefficient (Wildman–Crippen LogP) is 3.13. The number of fused-ring (bicyclic) bond motifs is 3. The first-order chi connectivity index (χ1) is 9.83. The monoisotopic (exact) mass is 260 g/mol. The molecule has 0 saturated heterocycles. The topological polar surface area (TPSA) is 56.2 Å². The second-order valence-electron chi connectivity index (χ2n) is 4.71. The number of nitrogens with two attached hydrogens (primary N) is 1. The molecule has 0 atom stereocenters. The van der Waals surface area contributed by atoms with Crippen LogP contribution in [0.25, 0.3) is 27.9 Å². The Bertz CT molecular complexity index is 907. The van der Waals surface area contributed by atoms with Gasteiger partial charge in [-0.05, 0) is 36.4 Å². The maximum Gasteiger partial charge on any atom is 0.146 e. The standard InChI is InChI=1S/C16H12N4/c17-13-6-3-11(4-7-13)14-10-19-15-8-5-12-2-1-9-18-16(12)20(14)15/h1-10H,17H2. The number of nitrogen functional groups attached to an aromatic ring is 1. The van der Waals surface area contributed by atoms with Gasteiger partial charge in [0.25, 0.3) is 0 Å². The average molecular weight is 260 g/mol. The summed E-state index contributed by atoms with van der Waals surface area (Å²) in [6, 6.07) is 15.8. The maximum absolute atomic E-state index is 5.75. The molecule has 3 aromatic heterocycles. The van der Waals surface area contributed by atoms with Crippen LogP contribution in [0.1, 0.15) is 0 Å². The van der Waals surface area contributed by atoms with Crippen LogP contribution >= 0.6 is 0 Å². The quantitative estimate of drug-likeness (QED) is 0.535. The normalized spacial score (nSPS) is 11.2. The number of aromatic nitrogens is 3. The predicted molar refractivity (Wildman–Crippen MR) is 80.3 cm³/mol. The molecule has 0 bridgehead atoms. The van der Waals surface area contributed by atoms with Crippen LogP contribution in [0.15, 0.2) is 60.9 Å². The van der Waals surface area contributed by atoms with Gasteiger partial charge in [0.1, 0.15) is 11.3 Å². The molecule has 4 rings (SSSR count). The van der Waals surface area contributed by atoms with Crippen LogP contribution < -0.4 is 5.73 Å². The van der Waals surface area contributed by atoms with E-state index in [-0.39, 0.29) is 0 Å². The van der Waals surface area contributed by atoms with E-state index in [4.69, 9.17) is 5.73 Å². The highest BCUT2D eigenvalue weighted by Gasteiger charge is 2.09. The molecule has 0 spiro atoms. The van der Waals surface area contributed by atoms with Crippen LogP contribution in [0.3, 0.4) is 0 Å². The molecule has 4 aromatic rings. The summed E-state index contributed by atoms with van der Waals surface area (Å²) in [7, 11) is 0. The molecule has 0 radical (unpaired) electrons. The van der Waals surface area contributed by atoms with Crippen LogP contribution in [-0.2, 0) is 0 Å². The van der Waals surface area contributed by atoms with Gasteiger partial charge in [0, 0.05) is 22.8 Å². The van der Waals surface area contributed by atoms with E-state index in [0.29, 0.717) is 0 Å². The smallest absolute Gasteiger partial charge is 0.146 e. The molecule has 2 N–H and O–H groups in total. The van der Waals surface area contributed by atoms with E-state index in [0.717, 1.165) is 33.6 Å². The van der Waals surface area contributed by atoms with Crippen LogP contribution in [0, 0.1) is 0 Å². The SMILES string of the molecule is Nc1ccc(-c2cnc3ccc4cccnc4n23)cc1. The van der Waals surface area contributed by atoms with Crippen molar-refractivity contribution in [2.24, 2.45) is 0 Å². The number of rotatable bonds is 1. The summed E-state index contributed by atoms with van der Waals surface area (Å²) in [5.74, 6) is 0. The molecular formula is C16H12N4. The van der Waals surface area contributed by atoms with Gasteiger partial charge in [-0.1, -0.05) is 12.1 Å². The van der Waals surface area contributed by atoms with Gasteiger partial charge in [-0.25, -0.2) is 9.97 Å². The molecule has 1 aromatic carbocycles. The van der Waals surface area contributed by atoms with Crippen molar-refractivity contribution in [1.82, 2.24) is 14.4 Å². The fraction of sp³-hybridized carbons (Fsp3) is 0. The molecule has 0 amide bonds. The molecule has 20 heavy (non-hydrogen) atoms. The lowest BCUT2D eigenvalue weighted by atomic mass is 10.1. The van der Waals surface area contributed by atoms with Crippen LogP contribution in [-0.4, -0.2) is 14.4 Å². The number of anilines is 1. The molecule has 96 valence electrons. The van der Waals surface area contributed by atoms with E-state index in [9.17, 15) is 0 Å². The second kappa shape index (κ2) is 4.06. The van der Waals surface area contributed by atoms with E-state index < -0.39 is 0 Å². The lowest BCUT2D eigenvalue weighted by Crippen LogP contribution is -1.93.